The lowest BCUT2D eigenvalue weighted by Gasteiger charge is -2.13. The Morgan fingerprint density at radius 1 is 1.92 bits per heavy atom. The number of likely N-dealkylation sites (tertiary alicyclic amines) is 1. The molecular weight excluding hydrogens is 152 g/mol. The minimum absolute atomic E-state index is 0. The lowest BCUT2D eigenvalue weighted by Crippen LogP contribution is -2.35. The molecular formula is C9H18N2O. The molecule has 0 aromatic heterocycles. The number of nitrogens with zero attached hydrogens (tertiary/aromatic N) is 1. The van der Waals surface area contributed by atoms with Crippen molar-refractivity contribution in [1.29, 1.82) is 0 Å². The Bertz CT molecular complexity index is 184. The molecule has 0 aromatic carbocycles. The van der Waals surface area contributed by atoms with Gasteiger partial charge < -0.3 is 10.2 Å². The van der Waals surface area contributed by atoms with Crippen molar-refractivity contribution in [2.75, 3.05) is 19.6 Å². The summed E-state index contributed by atoms with van der Waals surface area (Å²) in [6.07, 6.45) is 2.39. The molecule has 3 nitrogen and oxygen atoms in total. The van der Waals surface area contributed by atoms with E-state index in [0.29, 0.717) is 6.04 Å². The van der Waals surface area contributed by atoms with E-state index < -0.39 is 0 Å². The van der Waals surface area contributed by atoms with Gasteiger partial charge in [0.1, 0.15) is 0 Å². The van der Waals surface area contributed by atoms with Crippen LogP contribution in [0.1, 0.15) is 14.8 Å². The van der Waals surface area contributed by atoms with Crippen molar-refractivity contribution in [3.63, 3.8) is 0 Å². The molecule has 0 aliphatic carbocycles. The van der Waals surface area contributed by atoms with Crippen molar-refractivity contribution in [2.24, 2.45) is 0 Å². The number of carbonyl (C=O) groups is 1. The van der Waals surface area contributed by atoms with Crippen molar-refractivity contribution < 1.29 is 6.22 Å². The van der Waals surface area contributed by atoms with Crippen LogP contribution >= 0.6 is 0 Å². The van der Waals surface area contributed by atoms with Crippen LogP contribution in [0, 0.1) is 0 Å². The van der Waals surface area contributed by atoms with Crippen molar-refractivity contribution in [3.05, 3.63) is 12.7 Å². The van der Waals surface area contributed by atoms with Crippen molar-refractivity contribution in [1.82, 2.24) is 10.2 Å². The quantitative estimate of drug-likeness (QED) is 0.630. The second-order valence-corrected chi connectivity index (χ2v) is 3.09. The Morgan fingerprint density at radius 3 is 3.17 bits per heavy atom. The minimum atomic E-state index is -0.0575. The highest BCUT2D eigenvalue weighted by atomic mass is 16.1. The number of likely N-dealkylation sites (N-methyl/N-ethyl adjacent to an activating group) is 1. The fourth-order valence-corrected chi connectivity index (χ4v) is 1.50. The van der Waals surface area contributed by atoms with Crippen LogP contribution in [0.5, 0.6) is 0 Å². The largest absolute Gasteiger partial charge is 0.349 e. The predicted octanol–water partition coefficient (Wildman–Crippen LogP) is 0.629. The average Bonchev–Trinajstić information content (AvgIpc) is 2.52. The van der Waals surface area contributed by atoms with E-state index in [1.807, 2.05) is 0 Å². The summed E-state index contributed by atoms with van der Waals surface area (Å²) in [5, 5.41) is 2.89. The lowest BCUT2D eigenvalue weighted by molar-refractivity contribution is -0.117. The van der Waals surface area contributed by atoms with E-state index in [-0.39, 0.29) is 7.33 Å². The van der Waals surface area contributed by atoms with Gasteiger partial charge in [0.25, 0.3) is 0 Å². The lowest BCUT2D eigenvalue weighted by atomic mass is 10.2. The topological polar surface area (TPSA) is 32.3 Å². The van der Waals surface area contributed by atoms with Crippen molar-refractivity contribution in [3.8, 4) is 0 Å². The van der Waals surface area contributed by atoms with E-state index in [4.69, 9.17) is 0 Å². The van der Waals surface area contributed by atoms with Gasteiger partial charge in [0.05, 0.1) is 0 Å². The minimum Gasteiger partial charge on any atom is -0.349 e. The van der Waals surface area contributed by atoms with Gasteiger partial charge in [0.15, 0.2) is 0 Å². The monoisotopic (exact) mass is 170 g/mol. The molecule has 1 heterocycles. The van der Waals surface area contributed by atoms with Crippen LogP contribution in [-0.2, 0) is 4.79 Å². The molecule has 1 saturated heterocycles. The number of nitrogens with one attached hydrogen (secondary N) is 1. The van der Waals surface area contributed by atoms with Gasteiger partial charge in [0.2, 0.25) is 5.91 Å². The summed E-state index contributed by atoms with van der Waals surface area (Å²) >= 11 is 0. The summed E-state index contributed by atoms with van der Waals surface area (Å²) in [5.41, 5.74) is 0. The van der Waals surface area contributed by atoms with Gasteiger partial charge in [0, 0.05) is 20.6 Å². The predicted molar refractivity (Wildman–Crippen MR) is 51.0 cm³/mol. The van der Waals surface area contributed by atoms with E-state index in [0.717, 1.165) is 26.1 Å². The average molecular weight is 170 g/mol. The molecule has 12 heavy (non-hydrogen) atoms. The number of amides is 1. The molecule has 0 bridgehead atoms. The van der Waals surface area contributed by atoms with Crippen LogP contribution < -0.4 is 5.32 Å². The van der Waals surface area contributed by atoms with Gasteiger partial charge in [-0.1, -0.05) is 13.5 Å². The van der Waals surface area contributed by atoms with Crippen LogP contribution in [0.2, 0.25) is 0 Å². The molecule has 0 aromatic rings. The first-order chi connectivity index (χ1) is 5.76. The molecule has 1 fully saturated rings. The third-order valence-corrected chi connectivity index (χ3v) is 2.25. The van der Waals surface area contributed by atoms with Crippen LogP contribution in [0.4, 0.5) is 0 Å². The summed E-state index contributed by atoms with van der Waals surface area (Å²) in [5.74, 6) is -0.0575. The molecule has 3 heteroatoms. The summed E-state index contributed by atoms with van der Waals surface area (Å²) in [6.45, 7) is 8.70. The van der Waals surface area contributed by atoms with Gasteiger partial charge in [-0.15, -0.1) is 0 Å². The van der Waals surface area contributed by atoms with E-state index in [9.17, 15) is 4.79 Å². The normalized spacial score (nSPS) is 23.9. The standard InChI is InChI=1S/C9H16N2O.H2/c1-3-9(12)10-8-5-6-11(4-2)7-8;/h3,8H,1,4-7H2,2H3,(H,10,12);1H. The van der Waals surface area contributed by atoms with Gasteiger partial charge in [-0.05, 0) is 19.0 Å². The molecule has 1 rings (SSSR count). The molecule has 0 radical (unpaired) electrons. The zero-order valence-electron chi connectivity index (χ0n) is 7.55. The highest BCUT2D eigenvalue weighted by molar-refractivity contribution is 5.87. The number of carbonyl (C=O) groups excluding carboxylic acids is 1. The highest BCUT2D eigenvalue weighted by Crippen LogP contribution is 2.07. The first-order valence-electron chi connectivity index (χ1n) is 4.41. The summed E-state index contributed by atoms with van der Waals surface area (Å²) < 4.78 is 0. The smallest absolute Gasteiger partial charge is 0.243 e. The maximum atomic E-state index is 10.9. The summed E-state index contributed by atoms with van der Waals surface area (Å²) in [7, 11) is 0. The Balaban J connectivity index is 0.00000144. The zero-order chi connectivity index (χ0) is 8.97. The molecule has 1 atom stereocenters. The molecule has 1 N–H and O–H groups in total. The maximum absolute atomic E-state index is 10.9. The SMILES string of the molecule is C=CC(=O)NC1CCN(CC)C1.[HH]. The second kappa shape index (κ2) is 4.26. The molecule has 0 spiro atoms. The van der Waals surface area contributed by atoms with Gasteiger partial charge in [-0.25, -0.2) is 0 Å². The second-order valence-electron chi connectivity index (χ2n) is 3.09. The van der Waals surface area contributed by atoms with Crippen molar-refractivity contribution >= 4 is 5.91 Å². The molecule has 70 valence electrons. The van der Waals surface area contributed by atoms with E-state index in [1.165, 1.54) is 6.08 Å². The Hall–Kier alpha value is -0.830. The van der Waals surface area contributed by atoms with Crippen LogP contribution in [0.3, 0.4) is 0 Å². The zero-order valence-corrected chi connectivity index (χ0v) is 7.55. The van der Waals surface area contributed by atoms with Gasteiger partial charge in [-0.3, -0.25) is 4.79 Å². The summed E-state index contributed by atoms with van der Waals surface area (Å²) in [6, 6.07) is 0.329. The maximum Gasteiger partial charge on any atom is 0.243 e. The van der Waals surface area contributed by atoms with Crippen molar-refractivity contribution in [2.45, 2.75) is 19.4 Å². The molecule has 1 aliphatic rings. The third kappa shape index (κ3) is 2.34. The first kappa shape index (κ1) is 9.26. The van der Waals surface area contributed by atoms with Gasteiger partial charge in [-0.2, -0.15) is 0 Å². The fraction of sp³-hybridized carbons (Fsp3) is 0.667. The third-order valence-electron chi connectivity index (χ3n) is 2.25. The molecule has 0 saturated carbocycles. The van der Waals surface area contributed by atoms with Crippen LogP contribution in [-0.4, -0.2) is 36.5 Å². The number of rotatable bonds is 3. The van der Waals surface area contributed by atoms with E-state index in [1.54, 1.807) is 0 Å². The van der Waals surface area contributed by atoms with Gasteiger partial charge >= 0.3 is 0 Å². The Kier molecular flexibility index (Phi) is 3.29. The van der Waals surface area contributed by atoms with E-state index >= 15 is 0 Å². The molecule has 1 amide bonds. The number of hydrogen-bond acceptors (Lipinski definition) is 2. The first-order valence-corrected chi connectivity index (χ1v) is 4.41. The van der Waals surface area contributed by atoms with Crippen LogP contribution in [0.15, 0.2) is 12.7 Å². The number of hydrogen-bond donors (Lipinski definition) is 1. The molecule has 1 unspecified atom stereocenters. The Labute approximate surface area is 74.9 Å². The molecule has 1 aliphatic heterocycles. The fourth-order valence-electron chi connectivity index (χ4n) is 1.50. The van der Waals surface area contributed by atoms with Crippen LogP contribution in [0.25, 0.3) is 0 Å². The highest BCUT2D eigenvalue weighted by Gasteiger charge is 2.21. The summed E-state index contributed by atoms with van der Waals surface area (Å²) in [4.78, 5) is 13.2. The van der Waals surface area contributed by atoms with E-state index in [2.05, 4.69) is 23.7 Å². The Morgan fingerprint density at radius 2 is 2.67 bits per heavy atom.